The van der Waals surface area contributed by atoms with Crippen LogP contribution in [0.3, 0.4) is 0 Å². The van der Waals surface area contributed by atoms with Crippen LogP contribution in [-0.2, 0) is 0 Å². The van der Waals surface area contributed by atoms with Crippen molar-refractivity contribution in [3.8, 4) is 0 Å². The van der Waals surface area contributed by atoms with Gasteiger partial charge in [-0.25, -0.2) is 0 Å². The Labute approximate surface area is 76.4 Å². The Bertz CT molecular complexity index is 170. The average Bonchev–Trinajstić information content (AvgIpc) is 1.81. The molecule has 0 unspecified atom stereocenters. The molecule has 1 rings (SSSR count). The zero-order valence-corrected chi connectivity index (χ0v) is 8.40. The fourth-order valence-corrected chi connectivity index (χ4v) is 2.22. The summed E-state index contributed by atoms with van der Waals surface area (Å²) in [4.78, 5) is 0. The van der Waals surface area contributed by atoms with Gasteiger partial charge in [0.05, 0.1) is 0 Å². The molecule has 0 spiro atoms. The zero-order chi connectivity index (χ0) is 9.14. The fourth-order valence-electron chi connectivity index (χ4n) is 2.22. The van der Waals surface area contributed by atoms with Crippen molar-refractivity contribution in [3.63, 3.8) is 0 Å². The molecular formula is C12H20. The molecule has 0 heterocycles. The summed E-state index contributed by atoms with van der Waals surface area (Å²) in [6.45, 7) is 12.7. The highest BCUT2D eigenvalue weighted by Crippen LogP contribution is 2.34. The predicted molar refractivity (Wildman–Crippen MR) is 55.1 cm³/mol. The van der Waals surface area contributed by atoms with Gasteiger partial charge in [0.25, 0.3) is 0 Å². The third-order valence-corrected chi connectivity index (χ3v) is 2.46. The van der Waals surface area contributed by atoms with Crippen LogP contribution in [0.25, 0.3) is 0 Å². The van der Waals surface area contributed by atoms with Crippen LogP contribution < -0.4 is 0 Å². The first-order valence-corrected chi connectivity index (χ1v) is 4.91. The first kappa shape index (κ1) is 9.57. The highest BCUT2D eigenvalue weighted by atomic mass is 14.2. The molecule has 0 aromatic heterocycles. The molecule has 1 saturated carbocycles. The number of hydrogen-bond donors (Lipinski definition) is 0. The maximum absolute atomic E-state index is 4.06. The molecule has 68 valence electrons. The summed E-state index contributed by atoms with van der Waals surface area (Å²) in [5.41, 5.74) is 2.77. The lowest BCUT2D eigenvalue weighted by molar-refractivity contribution is 0.384. The first-order valence-electron chi connectivity index (χ1n) is 4.91. The second-order valence-electron chi connectivity index (χ2n) is 4.58. The van der Waals surface area contributed by atoms with E-state index in [2.05, 4.69) is 27.0 Å². The smallest absolute Gasteiger partial charge is 0.0114 e. The number of rotatable bonds is 2. The Morgan fingerprint density at radius 1 is 1.25 bits per heavy atom. The van der Waals surface area contributed by atoms with Gasteiger partial charge in [-0.3, -0.25) is 0 Å². The number of hydrogen-bond acceptors (Lipinski definition) is 0. The van der Waals surface area contributed by atoms with E-state index in [-0.39, 0.29) is 0 Å². The molecule has 0 nitrogen and oxygen atoms in total. The van der Waals surface area contributed by atoms with Crippen LogP contribution in [-0.4, -0.2) is 0 Å². The Morgan fingerprint density at radius 2 is 1.75 bits per heavy atom. The molecule has 1 aliphatic carbocycles. The van der Waals surface area contributed by atoms with E-state index >= 15 is 0 Å². The standard InChI is InChI=1S/C12H20/c1-9(2)5-12-7-10(3)6-11(4)8-12/h9,12H,3-8H2,1-2H3. The lowest BCUT2D eigenvalue weighted by Crippen LogP contribution is -2.11. The van der Waals surface area contributed by atoms with Crippen molar-refractivity contribution in [3.05, 3.63) is 24.3 Å². The molecule has 0 amide bonds. The van der Waals surface area contributed by atoms with Gasteiger partial charge in [-0.05, 0) is 37.5 Å². The third kappa shape index (κ3) is 2.84. The quantitative estimate of drug-likeness (QED) is 0.542. The molecule has 0 aromatic carbocycles. The van der Waals surface area contributed by atoms with Crippen LogP contribution in [0.1, 0.15) is 39.5 Å². The summed E-state index contributed by atoms with van der Waals surface area (Å²) in [7, 11) is 0. The van der Waals surface area contributed by atoms with E-state index in [9.17, 15) is 0 Å². The van der Waals surface area contributed by atoms with E-state index in [0.717, 1.165) is 18.3 Å². The van der Waals surface area contributed by atoms with Crippen molar-refractivity contribution < 1.29 is 0 Å². The molecule has 0 bridgehead atoms. The van der Waals surface area contributed by atoms with Crippen LogP contribution in [0.5, 0.6) is 0 Å². The Morgan fingerprint density at radius 3 is 2.17 bits per heavy atom. The van der Waals surface area contributed by atoms with Crippen LogP contribution in [0, 0.1) is 11.8 Å². The number of allylic oxidation sites excluding steroid dienone is 2. The van der Waals surface area contributed by atoms with Crippen molar-refractivity contribution in [1.29, 1.82) is 0 Å². The summed E-state index contributed by atoms with van der Waals surface area (Å²) in [6.07, 6.45) is 4.88. The minimum atomic E-state index is 0.814. The molecular weight excluding hydrogens is 144 g/mol. The summed E-state index contributed by atoms with van der Waals surface area (Å²) in [6, 6.07) is 0. The maximum atomic E-state index is 4.06. The van der Waals surface area contributed by atoms with Crippen molar-refractivity contribution >= 4 is 0 Å². The lowest BCUT2D eigenvalue weighted by Gasteiger charge is -2.26. The highest BCUT2D eigenvalue weighted by molar-refractivity contribution is 5.15. The molecule has 0 N–H and O–H groups in total. The largest absolute Gasteiger partial charge is 0.0995 e. The van der Waals surface area contributed by atoms with E-state index in [1.807, 2.05) is 0 Å². The molecule has 0 heteroatoms. The summed E-state index contributed by atoms with van der Waals surface area (Å²) >= 11 is 0. The van der Waals surface area contributed by atoms with E-state index in [4.69, 9.17) is 0 Å². The van der Waals surface area contributed by atoms with Crippen molar-refractivity contribution in [2.75, 3.05) is 0 Å². The van der Waals surface area contributed by atoms with Crippen molar-refractivity contribution in [2.45, 2.75) is 39.5 Å². The highest BCUT2D eigenvalue weighted by Gasteiger charge is 2.18. The van der Waals surface area contributed by atoms with Crippen LogP contribution in [0.15, 0.2) is 24.3 Å². The molecule has 0 aromatic rings. The van der Waals surface area contributed by atoms with Gasteiger partial charge < -0.3 is 0 Å². The second kappa shape index (κ2) is 3.93. The molecule has 1 aliphatic rings. The van der Waals surface area contributed by atoms with Gasteiger partial charge in [0.15, 0.2) is 0 Å². The maximum Gasteiger partial charge on any atom is -0.0114 e. The molecule has 0 aliphatic heterocycles. The van der Waals surface area contributed by atoms with Gasteiger partial charge in [0.1, 0.15) is 0 Å². The van der Waals surface area contributed by atoms with Crippen molar-refractivity contribution in [1.82, 2.24) is 0 Å². The van der Waals surface area contributed by atoms with Gasteiger partial charge >= 0.3 is 0 Å². The van der Waals surface area contributed by atoms with E-state index in [1.54, 1.807) is 0 Å². The Kier molecular flexibility index (Phi) is 3.13. The molecule has 12 heavy (non-hydrogen) atoms. The Hall–Kier alpha value is -0.520. The molecule has 1 fully saturated rings. The minimum Gasteiger partial charge on any atom is -0.0995 e. The van der Waals surface area contributed by atoms with Gasteiger partial charge in [0.2, 0.25) is 0 Å². The fraction of sp³-hybridized carbons (Fsp3) is 0.667. The molecule has 0 saturated heterocycles. The van der Waals surface area contributed by atoms with Crippen LogP contribution >= 0.6 is 0 Å². The lowest BCUT2D eigenvalue weighted by atomic mass is 9.79. The van der Waals surface area contributed by atoms with E-state index in [1.165, 1.54) is 30.4 Å². The van der Waals surface area contributed by atoms with Crippen molar-refractivity contribution in [2.24, 2.45) is 11.8 Å². The summed E-state index contributed by atoms with van der Waals surface area (Å²) < 4.78 is 0. The topological polar surface area (TPSA) is 0 Å². The van der Waals surface area contributed by atoms with Crippen LogP contribution in [0.4, 0.5) is 0 Å². The predicted octanol–water partition coefficient (Wildman–Crippen LogP) is 3.95. The zero-order valence-electron chi connectivity index (χ0n) is 8.40. The van der Waals surface area contributed by atoms with E-state index < -0.39 is 0 Å². The molecule has 0 atom stereocenters. The molecule has 0 radical (unpaired) electrons. The summed E-state index contributed by atoms with van der Waals surface area (Å²) in [5.74, 6) is 1.65. The van der Waals surface area contributed by atoms with E-state index in [0.29, 0.717) is 0 Å². The Balaban J connectivity index is 2.44. The second-order valence-corrected chi connectivity index (χ2v) is 4.58. The third-order valence-electron chi connectivity index (χ3n) is 2.46. The van der Waals surface area contributed by atoms with Gasteiger partial charge in [0, 0.05) is 0 Å². The average molecular weight is 164 g/mol. The monoisotopic (exact) mass is 164 g/mol. The van der Waals surface area contributed by atoms with Crippen LogP contribution in [0.2, 0.25) is 0 Å². The first-order chi connectivity index (χ1) is 5.58. The van der Waals surface area contributed by atoms with Gasteiger partial charge in [-0.1, -0.05) is 38.2 Å². The van der Waals surface area contributed by atoms with Gasteiger partial charge in [-0.2, -0.15) is 0 Å². The minimum absolute atomic E-state index is 0.814. The van der Waals surface area contributed by atoms with Gasteiger partial charge in [-0.15, -0.1) is 0 Å². The summed E-state index contributed by atoms with van der Waals surface area (Å²) in [5, 5.41) is 0. The SMILES string of the molecule is C=C1CC(=C)CC(CC(C)C)C1. The normalized spacial score (nSPS) is 20.6.